The lowest BCUT2D eigenvalue weighted by Crippen LogP contribution is -2.25. The first kappa shape index (κ1) is 14.1. The van der Waals surface area contributed by atoms with Gasteiger partial charge in [0.05, 0.1) is 17.8 Å². The van der Waals surface area contributed by atoms with E-state index in [-0.39, 0.29) is 5.91 Å². The van der Waals surface area contributed by atoms with Crippen LogP contribution in [0, 0.1) is 6.92 Å². The molecule has 0 aliphatic carbocycles. The van der Waals surface area contributed by atoms with Crippen LogP contribution in [0.5, 0.6) is 0 Å². The van der Waals surface area contributed by atoms with Crippen molar-refractivity contribution in [3.63, 3.8) is 0 Å². The molecule has 0 saturated heterocycles. The zero-order chi connectivity index (χ0) is 14.5. The molecule has 1 aromatic carbocycles. The molecule has 0 fully saturated rings. The number of aromatic nitrogens is 2. The van der Waals surface area contributed by atoms with E-state index in [1.54, 1.807) is 10.9 Å². The van der Waals surface area contributed by atoms with Gasteiger partial charge in [-0.1, -0.05) is 6.07 Å². The zero-order valence-electron chi connectivity index (χ0n) is 12.1. The van der Waals surface area contributed by atoms with Crippen LogP contribution in [0.25, 0.3) is 0 Å². The number of nitrogens with zero attached hydrogens (tertiary/aromatic N) is 2. The van der Waals surface area contributed by atoms with E-state index in [1.807, 2.05) is 45.2 Å². The number of carbonyl (C=O) groups excluding carboxylic acids is 1. The molecule has 5 heteroatoms. The fourth-order valence-corrected chi connectivity index (χ4v) is 2.03. The second-order valence-electron chi connectivity index (χ2n) is 4.71. The van der Waals surface area contributed by atoms with Crippen LogP contribution in [0.2, 0.25) is 0 Å². The van der Waals surface area contributed by atoms with Gasteiger partial charge in [-0.15, -0.1) is 0 Å². The Morgan fingerprint density at radius 3 is 2.80 bits per heavy atom. The van der Waals surface area contributed by atoms with Gasteiger partial charge in [-0.05, 0) is 37.6 Å². The summed E-state index contributed by atoms with van der Waals surface area (Å²) < 4.78 is 1.75. The Hall–Kier alpha value is -2.30. The van der Waals surface area contributed by atoms with Crippen molar-refractivity contribution in [3.05, 3.63) is 47.3 Å². The quantitative estimate of drug-likeness (QED) is 0.876. The Bertz CT molecular complexity index is 604. The maximum atomic E-state index is 12.3. The lowest BCUT2D eigenvalue weighted by atomic mass is 10.1. The second kappa shape index (κ2) is 6.23. The molecule has 106 valence electrons. The van der Waals surface area contributed by atoms with E-state index in [2.05, 4.69) is 15.7 Å². The Balaban J connectivity index is 2.11. The third kappa shape index (κ3) is 3.17. The van der Waals surface area contributed by atoms with Crippen molar-refractivity contribution in [2.45, 2.75) is 20.4 Å². The number of rotatable bonds is 5. The van der Waals surface area contributed by atoms with Crippen LogP contribution in [0.4, 0.5) is 5.69 Å². The van der Waals surface area contributed by atoms with Crippen molar-refractivity contribution in [1.82, 2.24) is 15.1 Å². The Morgan fingerprint density at radius 2 is 2.15 bits per heavy atom. The largest absolute Gasteiger partial charge is 0.385 e. The molecule has 0 aliphatic heterocycles. The van der Waals surface area contributed by atoms with E-state index in [0.717, 1.165) is 23.5 Å². The monoisotopic (exact) mass is 272 g/mol. The van der Waals surface area contributed by atoms with Crippen LogP contribution in [-0.4, -0.2) is 22.2 Å². The average molecular weight is 272 g/mol. The molecule has 5 nitrogen and oxygen atoms in total. The summed E-state index contributed by atoms with van der Waals surface area (Å²) in [5.41, 5.74) is 3.63. The van der Waals surface area contributed by atoms with Crippen molar-refractivity contribution in [1.29, 1.82) is 0 Å². The third-order valence-corrected chi connectivity index (χ3v) is 3.14. The van der Waals surface area contributed by atoms with Gasteiger partial charge in [0.15, 0.2) is 0 Å². The smallest absolute Gasteiger partial charge is 0.253 e. The van der Waals surface area contributed by atoms with Crippen LogP contribution in [0.15, 0.2) is 30.5 Å². The van der Waals surface area contributed by atoms with Crippen LogP contribution < -0.4 is 10.6 Å². The number of anilines is 1. The number of hydrogen-bond acceptors (Lipinski definition) is 3. The highest BCUT2D eigenvalue weighted by Crippen LogP contribution is 2.17. The van der Waals surface area contributed by atoms with Gasteiger partial charge < -0.3 is 10.6 Å². The number of nitrogens with one attached hydrogen (secondary N) is 2. The standard InChI is InChI=1S/C15H20N4O/c1-4-16-14-9-11(2)5-6-13(14)15(20)17-10-12-7-8-18-19(12)3/h5-9,16H,4,10H2,1-3H3,(H,17,20). The zero-order valence-corrected chi connectivity index (χ0v) is 12.1. The summed E-state index contributed by atoms with van der Waals surface area (Å²) in [7, 11) is 1.86. The molecule has 0 atom stereocenters. The van der Waals surface area contributed by atoms with Crippen LogP contribution in [-0.2, 0) is 13.6 Å². The Kier molecular flexibility index (Phi) is 4.40. The lowest BCUT2D eigenvalue weighted by molar-refractivity contribution is 0.0951. The van der Waals surface area contributed by atoms with Gasteiger partial charge in [0.1, 0.15) is 0 Å². The molecule has 0 bridgehead atoms. The summed E-state index contributed by atoms with van der Waals surface area (Å²) in [5, 5.41) is 10.2. The van der Waals surface area contributed by atoms with Crippen molar-refractivity contribution < 1.29 is 4.79 Å². The molecular formula is C15H20N4O. The van der Waals surface area contributed by atoms with Gasteiger partial charge in [0, 0.05) is 25.5 Å². The molecule has 0 aliphatic rings. The highest BCUT2D eigenvalue weighted by atomic mass is 16.1. The summed E-state index contributed by atoms with van der Waals surface area (Å²) in [4.78, 5) is 12.3. The first-order valence-electron chi connectivity index (χ1n) is 6.71. The molecular weight excluding hydrogens is 252 g/mol. The number of aryl methyl sites for hydroxylation is 2. The predicted octanol–water partition coefficient (Wildman–Crippen LogP) is 2.09. The average Bonchev–Trinajstić information content (AvgIpc) is 2.82. The summed E-state index contributed by atoms with van der Waals surface area (Å²) >= 11 is 0. The van der Waals surface area contributed by atoms with E-state index in [4.69, 9.17) is 0 Å². The first-order chi connectivity index (χ1) is 9.61. The highest BCUT2D eigenvalue weighted by molar-refractivity contribution is 5.99. The van der Waals surface area contributed by atoms with Crippen molar-refractivity contribution >= 4 is 11.6 Å². The van der Waals surface area contributed by atoms with Crippen LogP contribution >= 0.6 is 0 Å². The minimum atomic E-state index is -0.0813. The minimum absolute atomic E-state index is 0.0813. The van der Waals surface area contributed by atoms with Gasteiger partial charge in [-0.2, -0.15) is 5.10 Å². The van der Waals surface area contributed by atoms with E-state index < -0.39 is 0 Å². The normalized spacial score (nSPS) is 10.3. The minimum Gasteiger partial charge on any atom is -0.385 e. The van der Waals surface area contributed by atoms with Gasteiger partial charge in [0.2, 0.25) is 0 Å². The summed E-state index contributed by atoms with van der Waals surface area (Å²) in [6, 6.07) is 7.68. The van der Waals surface area contributed by atoms with Gasteiger partial charge in [-0.3, -0.25) is 9.48 Å². The fourth-order valence-electron chi connectivity index (χ4n) is 2.03. The molecule has 20 heavy (non-hydrogen) atoms. The molecule has 0 spiro atoms. The Labute approximate surface area is 119 Å². The van der Waals surface area contributed by atoms with Crippen LogP contribution in [0.1, 0.15) is 28.5 Å². The molecule has 1 aromatic heterocycles. The highest BCUT2D eigenvalue weighted by Gasteiger charge is 2.11. The van der Waals surface area contributed by atoms with Gasteiger partial charge in [0.25, 0.3) is 5.91 Å². The summed E-state index contributed by atoms with van der Waals surface area (Å²) in [6.45, 7) is 5.28. The molecule has 0 radical (unpaired) electrons. The number of carbonyl (C=O) groups is 1. The van der Waals surface area contributed by atoms with Crippen molar-refractivity contribution in [3.8, 4) is 0 Å². The molecule has 0 saturated carbocycles. The third-order valence-electron chi connectivity index (χ3n) is 3.14. The van der Waals surface area contributed by atoms with Gasteiger partial charge in [-0.25, -0.2) is 0 Å². The molecule has 0 unspecified atom stereocenters. The van der Waals surface area contributed by atoms with E-state index in [1.165, 1.54) is 0 Å². The molecule has 2 rings (SSSR count). The maximum absolute atomic E-state index is 12.3. The molecule has 2 N–H and O–H groups in total. The van der Waals surface area contributed by atoms with E-state index in [9.17, 15) is 4.79 Å². The van der Waals surface area contributed by atoms with Crippen LogP contribution in [0.3, 0.4) is 0 Å². The summed E-state index contributed by atoms with van der Waals surface area (Å²) in [6.07, 6.45) is 1.72. The second-order valence-corrected chi connectivity index (χ2v) is 4.71. The number of hydrogen-bond donors (Lipinski definition) is 2. The van der Waals surface area contributed by atoms with E-state index >= 15 is 0 Å². The Morgan fingerprint density at radius 1 is 1.35 bits per heavy atom. The number of benzene rings is 1. The van der Waals surface area contributed by atoms with Gasteiger partial charge >= 0.3 is 0 Å². The molecule has 1 amide bonds. The molecule has 1 heterocycles. The van der Waals surface area contributed by atoms with Crippen molar-refractivity contribution in [2.24, 2.45) is 7.05 Å². The number of amides is 1. The maximum Gasteiger partial charge on any atom is 0.253 e. The predicted molar refractivity (Wildman–Crippen MR) is 79.7 cm³/mol. The fraction of sp³-hybridized carbons (Fsp3) is 0.333. The summed E-state index contributed by atoms with van der Waals surface area (Å²) in [5.74, 6) is -0.0813. The lowest BCUT2D eigenvalue weighted by Gasteiger charge is -2.12. The molecule has 2 aromatic rings. The SMILES string of the molecule is CCNc1cc(C)ccc1C(=O)NCc1ccnn1C. The van der Waals surface area contributed by atoms with E-state index in [0.29, 0.717) is 12.1 Å². The topological polar surface area (TPSA) is 59.0 Å². The van der Waals surface area contributed by atoms with Crippen molar-refractivity contribution in [2.75, 3.05) is 11.9 Å². The first-order valence-corrected chi connectivity index (χ1v) is 6.71.